The summed E-state index contributed by atoms with van der Waals surface area (Å²) in [5, 5.41) is 0.818. The van der Waals surface area contributed by atoms with E-state index in [1.807, 2.05) is 30.5 Å². The fourth-order valence-corrected chi connectivity index (χ4v) is 5.25. The number of nitrogens with zero attached hydrogens (tertiary/aromatic N) is 2. The predicted molar refractivity (Wildman–Crippen MR) is 162 cm³/mol. The quantitative estimate of drug-likeness (QED) is 0.182. The highest BCUT2D eigenvalue weighted by molar-refractivity contribution is 6.51. The molecule has 0 fully saturated rings. The normalized spacial score (nSPS) is 14.3. The Labute approximate surface area is 237 Å². The molecule has 2 aromatic carbocycles. The summed E-state index contributed by atoms with van der Waals surface area (Å²) < 4.78 is 5.96. The number of hydrogen-bond donors (Lipinski definition) is 0. The summed E-state index contributed by atoms with van der Waals surface area (Å²) in [7, 11) is 3.51. The number of aromatic nitrogens is 1. The minimum absolute atomic E-state index is 0.00726. The number of pyridine rings is 1. The molecule has 0 radical (unpaired) electrons. The summed E-state index contributed by atoms with van der Waals surface area (Å²) in [6, 6.07) is 22.9. The third kappa shape index (κ3) is 7.07. The van der Waals surface area contributed by atoms with Gasteiger partial charge in [-0.3, -0.25) is 4.79 Å². The van der Waals surface area contributed by atoms with Crippen LogP contribution in [-0.4, -0.2) is 36.5 Å². The van der Waals surface area contributed by atoms with Crippen LogP contribution in [0.15, 0.2) is 90.7 Å². The van der Waals surface area contributed by atoms with E-state index in [2.05, 4.69) is 67.4 Å². The Morgan fingerprint density at radius 3 is 2.46 bits per heavy atom. The molecule has 0 spiro atoms. The number of rotatable bonds is 11. The van der Waals surface area contributed by atoms with Gasteiger partial charge in [0.05, 0.1) is 11.6 Å². The van der Waals surface area contributed by atoms with Crippen molar-refractivity contribution < 1.29 is 9.53 Å². The van der Waals surface area contributed by atoms with Crippen molar-refractivity contribution in [3.63, 3.8) is 0 Å². The number of ether oxygens (including phenoxy) is 1. The molecule has 1 aliphatic carbocycles. The van der Waals surface area contributed by atoms with E-state index in [-0.39, 0.29) is 5.91 Å². The van der Waals surface area contributed by atoms with Gasteiger partial charge in [-0.2, -0.15) is 0 Å². The number of allylic oxidation sites excluding steroid dienone is 4. The molecular formula is C34H37ClN2O2. The summed E-state index contributed by atoms with van der Waals surface area (Å²) in [6.45, 7) is 4.88. The lowest BCUT2D eigenvalue weighted by atomic mass is 9.88. The zero-order chi connectivity index (χ0) is 27.8. The first-order valence-electron chi connectivity index (χ1n) is 13.6. The van der Waals surface area contributed by atoms with Crippen molar-refractivity contribution in [3.05, 3.63) is 113 Å². The largest absolute Gasteiger partial charge is 0.478 e. The van der Waals surface area contributed by atoms with E-state index in [0.717, 1.165) is 53.0 Å². The van der Waals surface area contributed by atoms with Crippen molar-refractivity contribution >= 4 is 33.7 Å². The van der Waals surface area contributed by atoms with Crippen LogP contribution in [0.1, 0.15) is 55.4 Å². The molecule has 0 saturated heterocycles. The van der Waals surface area contributed by atoms with E-state index < -0.39 is 0 Å². The van der Waals surface area contributed by atoms with E-state index in [4.69, 9.17) is 16.3 Å². The van der Waals surface area contributed by atoms with E-state index >= 15 is 0 Å². The second kappa shape index (κ2) is 13.4. The van der Waals surface area contributed by atoms with Crippen molar-refractivity contribution in [2.24, 2.45) is 5.92 Å². The average molecular weight is 541 g/mol. The van der Waals surface area contributed by atoms with E-state index in [1.54, 1.807) is 25.1 Å². The number of halogens is 1. The Morgan fingerprint density at radius 2 is 1.79 bits per heavy atom. The van der Waals surface area contributed by atoms with Gasteiger partial charge >= 0.3 is 0 Å². The second-order valence-electron chi connectivity index (χ2n) is 10.1. The monoisotopic (exact) mass is 540 g/mol. The van der Waals surface area contributed by atoms with E-state index in [0.29, 0.717) is 18.4 Å². The molecule has 1 heterocycles. The number of benzene rings is 2. The zero-order valence-electron chi connectivity index (χ0n) is 23.3. The maximum atomic E-state index is 11.7. The molecule has 0 aliphatic heterocycles. The zero-order valence-corrected chi connectivity index (χ0v) is 24.0. The predicted octanol–water partition coefficient (Wildman–Crippen LogP) is 8.05. The van der Waals surface area contributed by atoms with E-state index in [9.17, 15) is 4.79 Å². The topological polar surface area (TPSA) is 42.4 Å². The Kier molecular flexibility index (Phi) is 9.78. The SMILES string of the molecule is CC/C(=C(\C1=C(Cl)c2ccccc2C1)c1ccc(OCCC[C@@H](C)/C=C/C(=O)N(C)C)nc1)c1ccccc1. The van der Waals surface area contributed by atoms with Gasteiger partial charge in [0.25, 0.3) is 0 Å². The van der Waals surface area contributed by atoms with Crippen molar-refractivity contribution in [2.75, 3.05) is 20.7 Å². The lowest BCUT2D eigenvalue weighted by molar-refractivity contribution is -0.123. The Bertz CT molecular complexity index is 1370. The van der Waals surface area contributed by atoms with Crippen LogP contribution >= 0.6 is 11.6 Å². The van der Waals surface area contributed by atoms with Gasteiger partial charge in [0.15, 0.2) is 0 Å². The third-order valence-electron chi connectivity index (χ3n) is 7.05. The van der Waals surface area contributed by atoms with Gasteiger partial charge in [-0.25, -0.2) is 4.98 Å². The van der Waals surface area contributed by atoms with Gasteiger partial charge in [-0.05, 0) is 70.7 Å². The molecule has 1 aromatic heterocycles. The van der Waals surface area contributed by atoms with Crippen molar-refractivity contribution in [2.45, 2.75) is 39.5 Å². The average Bonchev–Trinajstić information content (AvgIpc) is 3.29. The highest BCUT2D eigenvalue weighted by Gasteiger charge is 2.25. The van der Waals surface area contributed by atoms with Crippen molar-refractivity contribution in [1.82, 2.24) is 9.88 Å². The molecule has 39 heavy (non-hydrogen) atoms. The molecule has 0 saturated carbocycles. The number of fused-ring (bicyclic) bond motifs is 1. The molecule has 4 nitrogen and oxygen atoms in total. The van der Waals surface area contributed by atoms with Crippen LogP contribution in [0.3, 0.4) is 0 Å². The van der Waals surface area contributed by atoms with Gasteiger partial charge in [0.1, 0.15) is 0 Å². The number of likely N-dealkylation sites (N-methyl/N-ethyl adjacent to an activating group) is 1. The Morgan fingerprint density at radius 1 is 1.05 bits per heavy atom. The standard InChI is InChI=1S/C34H37ClN2O2/c1-5-28(25-13-7-6-8-14-25)33(30-22-26-15-9-10-16-29(26)34(30)35)27-18-19-31(36-23-27)39-21-11-12-24(2)17-20-32(38)37(3)4/h6-10,13-20,23-24H,5,11-12,21-22H2,1-4H3/b20-17+,33-28+/t24-/m1/s1. The molecule has 1 amide bonds. The first-order chi connectivity index (χ1) is 18.9. The lowest BCUT2D eigenvalue weighted by Gasteiger charge is -2.18. The van der Waals surface area contributed by atoms with Gasteiger partial charge in [-0.1, -0.05) is 86.1 Å². The smallest absolute Gasteiger partial charge is 0.245 e. The summed E-state index contributed by atoms with van der Waals surface area (Å²) in [6.07, 6.45) is 8.99. The van der Waals surface area contributed by atoms with Crippen LogP contribution in [0.5, 0.6) is 5.88 Å². The van der Waals surface area contributed by atoms with Crippen LogP contribution < -0.4 is 4.74 Å². The van der Waals surface area contributed by atoms with Crippen LogP contribution in [-0.2, 0) is 11.2 Å². The Hall–Kier alpha value is -3.63. The summed E-state index contributed by atoms with van der Waals surface area (Å²) in [4.78, 5) is 18.0. The third-order valence-corrected chi connectivity index (χ3v) is 7.48. The summed E-state index contributed by atoms with van der Waals surface area (Å²) >= 11 is 7.01. The first kappa shape index (κ1) is 28.4. The minimum atomic E-state index is 0.00726. The Balaban J connectivity index is 1.52. The molecule has 5 heteroatoms. The van der Waals surface area contributed by atoms with Crippen LogP contribution in [0, 0.1) is 5.92 Å². The van der Waals surface area contributed by atoms with Gasteiger partial charge < -0.3 is 9.64 Å². The molecule has 0 bridgehead atoms. The van der Waals surface area contributed by atoms with Crippen molar-refractivity contribution in [3.8, 4) is 5.88 Å². The highest BCUT2D eigenvalue weighted by Crippen LogP contribution is 2.45. The molecule has 0 N–H and O–H groups in total. The lowest BCUT2D eigenvalue weighted by Crippen LogP contribution is -2.19. The fourth-order valence-electron chi connectivity index (χ4n) is 4.90. The van der Waals surface area contributed by atoms with E-state index in [1.165, 1.54) is 16.7 Å². The van der Waals surface area contributed by atoms with Gasteiger partial charge in [0.2, 0.25) is 11.8 Å². The summed E-state index contributed by atoms with van der Waals surface area (Å²) in [5.41, 5.74) is 8.13. The summed E-state index contributed by atoms with van der Waals surface area (Å²) in [5.74, 6) is 0.920. The van der Waals surface area contributed by atoms with Gasteiger partial charge in [-0.15, -0.1) is 0 Å². The maximum Gasteiger partial charge on any atom is 0.245 e. The minimum Gasteiger partial charge on any atom is -0.478 e. The molecule has 0 unspecified atom stereocenters. The molecule has 1 atom stereocenters. The molecule has 202 valence electrons. The molecule has 4 rings (SSSR count). The number of carbonyl (C=O) groups is 1. The first-order valence-corrected chi connectivity index (χ1v) is 14.0. The highest BCUT2D eigenvalue weighted by atomic mass is 35.5. The maximum absolute atomic E-state index is 11.7. The number of carbonyl (C=O) groups excluding carboxylic acids is 1. The molecular weight excluding hydrogens is 504 g/mol. The fraction of sp³-hybridized carbons (Fsp3) is 0.294. The van der Waals surface area contributed by atoms with Crippen LogP contribution in [0.25, 0.3) is 16.2 Å². The number of hydrogen-bond acceptors (Lipinski definition) is 3. The molecule has 1 aliphatic rings. The van der Waals surface area contributed by atoms with Crippen molar-refractivity contribution in [1.29, 1.82) is 0 Å². The van der Waals surface area contributed by atoms with Crippen LogP contribution in [0.2, 0.25) is 0 Å². The number of amides is 1. The molecule has 3 aromatic rings. The second-order valence-corrected chi connectivity index (χ2v) is 10.5. The van der Waals surface area contributed by atoms with Gasteiger partial charge in [0, 0.05) is 38.3 Å². The van der Waals surface area contributed by atoms with Crippen LogP contribution in [0.4, 0.5) is 0 Å².